The van der Waals surface area contributed by atoms with Crippen molar-refractivity contribution in [3.8, 4) is 5.69 Å². The Hall–Kier alpha value is -3.46. The fraction of sp³-hybridized carbons (Fsp3) is 0.190. The van der Waals surface area contributed by atoms with Crippen LogP contribution in [0.15, 0.2) is 65.6 Å². The maximum Gasteiger partial charge on any atom is 0.287 e. The number of benzene rings is 2. The summed E-state index contributed by atoms with van der Waals surface area (Å²) in [5, 5.41) is 7.60. The summed E-state index contributed by atoms with van der Waals surface area (Å²) in [5.41, 5.74) is 2.58. The molecule has 0 saturated heterocycles. The van der Waals surface area contributed by atoms with Crippen LogP contribution in [-0.2, 0) is 15.6 Å². The molecule has 30 heavy (non-hydrogen) atoms. The van der Waals surface area contributed by atoms with E-state index >= 15 is 0 Å². The van der Waals surface area contributed by atoms with Crippen LogP contribution in [0.1, 0.15) is 34.6 Å². The number of furan rings is 1. The molecule has 2 aromatic heterocycles. The summed E-state index contributed by atoms with van der Waals surface area (Å²) in [6.07, 6.45) is 4.19. The number of amides is 1. The number of nitrogens with one attached hydrogen (secondary N) is 1. The van der Waals surface area contributed by atoms with Crippen molar-refractivity contribution in [2.75, 3.05) is 6.26 Å². The molecule has 0 aliphatic carbocycles. The Bertz CT molecular complexity index is 1290. The third kappa shape index (κ3) is 4.11. The summed E-state index contributed by atoms with van der Waals surface area (Å²) >= 11 is 0. The molecule has 2 heterocycles. The van der Waals surface area contributed by atoms with E-state index in [0.717, 1.165) is 17.5 Å². The summed E-state index contributed by atoms with van der Waals surface area (Å²) < 4.78 is 31.2. The highest BCUT2D eigenvalue weighted by Crippen LogP contribution is 2.28. The molecule has 4 aromatic rings. The minimum absolute atomic E-state index is 0.0210. The van der Waals surface area contributed by atoms with Crippen LogP contribution >= 0.6 is 0 Å². The number of fused-ring (bicyclic) bond motifs is 1. The zero-order valence-electron chi connectivity index (χ0n) is 16.4. The lowest BCUT2D eigenvalue weighted by Gasteiger charge is -2.14. The van der Waals surface area contributed by atoms with Crippen LogP contribution in [0.4, 0.5) is 0 Å². The molecule has 1 atom stereocenters. The van der Waals surface area contributed by atoms with Crippen molar-refractivity contribution in [1.82, 2.24) is 20.1 Å². The van der Waals surface area contributed by atoms with Crippen LogP contribution in [0, 0.1) is 0 Å². The molecule has 154 valence electrons. The summed E-state index contributed by atoms with van der Waals surface area (Å²) in [6.45, 7) is 1.85. The maximum atomic E-state index is 12.9. The second kappa shape index (κ2) is 7.75. The number of nitrogens with zero attached hydrogens (tertiary/aromatic N) is 3. The first-order valence-corrected chi connectivity index (χ1v) is 11.3. The number of hydrogen-bond acceptors (Lipinski definition) is 6. The summed E-state index contributed by atoms with van der Waals surface area (Å²) in [5.74, 6) is -0.710. The fourth-order valence-corrected chi connectivity index (χ4v) is 4.10. The molecule has 1 unspecified atom stereocenters. The Morgan fingerprint density at radius 1 is 1.17 bits per heavy atom. The minimum atomic E-state index is -3.35. The Morgan fingerprint density at radius 3 is 2.57 bits per heavy atom. The normalized spacial score (nSPS) is 12.7. The van der Waals surface area contributed by atoms with Crippen molar-refractivity contribution in [1.29, 1.82) is 0 Å². The zero-order chi connectivity index (χ0) is 21.3. The Balaban J connectivity index is 1.59. The van der Waals surface area contributed by atoms with Crippen LogP contribution in [-0.4, -0.2) is 35.3 Å². The van der Waals surface area contributed by atoms with E-state index in [4.69, 9.17) is 4.42 Å². The van der Waals surface area contributed by atoms with Crippen molar-refractivity contribution in [3.05, 3.63) is 78.1 Å². The molecule has 0 aliphatic heterocycles. The number of carbonyl (C=O) groups excluding carboxylic acids is 1. The molecule has 0 saturated carbocycles. The van der Waals surface area contributed by atoms with Crippen LogP contribution < -0.4 is 5.32 Å². The molecule has 0 spiro atoms. The van der Waals surface area contributed by atoms with Gasteiger partial charge in [0.05, 0.1) is 17.5 Å². The van der Waals surface area contributed by atoms with Gasteiger partial charge < -0.3 is 9.73 Å². The first-order chi connectivity index (χ1) is 14.3. The molecule has 9 heteroatoms. The molecular weight excluding hydrogens is 404 g/mol. The molecule has 1 N–H and O–H groups in total. The van der Waals surface area contributed by atoms with E-state index in [1.54, 1.807) is 35.3 Å². The number of rotatable bonds is 6. The number of hydrogen-bond donors (Lipinski definition) is 1. The molecule has 0 fully saturated rings. The van der Waals surface area contributed by atoms with E-state index in [9.17, 15) is 13.2 Å². The molecule has 2 aromatic carbocycles. The first-order valence-electron chi connectivity index (χ1n) is 9.26. The zero-order valence-corrected chi connectivity index (χ0v) is 17.3. The van der Waals surface area contributed by atoms with E-state index in [1.807, 2.05) is 31.2 Å². The van der Waals surface area contributed by atoms with Gasteiger partial charge in [-0.15, -0.1) is 0 Å². The lowest BCUT2D eigenvalue weighted by atomic mass is 10.1. The largest absolute Gasteiger partial charge is 0.451 e. The van der Waals surface area contributed by atoms with Crippen LogP contribution in [0.25, 0.3) is 16.7 Å². The maximum absolute atomic E-state index is 12.9. The highest BCUT2D eigenvalue weighted by molar-refractivity contribution is 7.89. The van der Waals surface area contributed by atoms with Crippen LogP contribution in [0.2, 0.25) is 0 Å². The van der Waals surface area contributed by atoms with Gasteiger partial charge in [0.25, 0.3) is 5.91 Å². The number of sulfone groups is 1. The van der Waals surface area contributed by atoms with Crippen LogP contribution in [0.3, 0.4) is 0 Å². The average Bonchev–Trinajstić information content (AvgIpc) is 3.36. The number of para-hydroxylation sites is 1. The lowest BCUT2D eigenvalue weighted by Crippen LogP contribution is -2.27. The standard InChI is InChI=1S/C21H20N4O4S/c1-14(15-7-9-16(10-8-15)25-13-22-12-23-25)24-21(26)20-18(11-30(2,27)28)17-5-3-4-6-19(17)29-20/h3-10,12-14H,11H2,1-2H3,(H,24,26). The second-order valence-electron chi connectivity index (χ2n) is 7.10. The molecule has 0 radical (unpaired) electrons. The highest BCUT2D eigenvalue weighted by Gasteiger charge is 2.24. The predicted molar refractivity (Wildman–Crippen MR) is 112 cm³/mol. The van der Waals surface area contributed by atoms with E-state index in [1.165, 1.54) is 6.33 Å². The lowest BCUT2D eigenvalue weighted by molar-refractivity contribution is 0.0913. The van der Waals surface area contributed by atoms with Gasteiger partial charge in [0.1, 0.15) is 18.2 Å². The Labute approximate surface area is 173 Å². The number of carbonyl (C=O) groups is 1. The van der Waals surface area contributed by atoms with E-state index in [2.05, 4.69) is 15.4 Å². The van der Waals surface area contributed by atoms with Gasteiger partial charge in [0, 0.05) is 17.2 Å². The van der Waals surface area contributed by atoms with Gasteiger partial charge in [-0.25, -0.2) is 18.1 Å². The Morgan fingerprint density at radius 2 is 1.90 bits per heavy atom. The van der Waals surface area contributed by atoms with Gasteiger partial charge >= 0.3 is 0 Å². The van der Waals surface area contributed by atoms with Crippen molar-refractivity contribution in [2.24, 2.45) is 0 Å². The summed E-state index contributed by atoms with van der Waals surface area (Å²) in [7, 11) is -3.35. The predicted octanol–water partition coefficient (Wildman–Crippen LogP) is 3.05. The SMILES string of the molecule is CC(NC(=O)c1oc2ccccc2c1CS(C)(=O)=O)c1ccc(-n2cncn2)cc1. The minimum Gasteiger partial charge on any atom is -0.451 e. The van der Waals surface area contributed by atoms with E-state index in [-0.39, 0.29) is 17.6 Å². The van der Waals surface area contributed by atoms with E-state index in [0.29, 0.717) is 16.5 Å². The monoisotopic (exact) mass is 424 g/mol. The molecule has 4 rings (SSSR count). The van der Waals surface area contributed by atoms with Crippen molar-refractivity contribution >= 4 is 26.7 Å². The van der Waals surface area contributed by atoms with Gasteiger partial charge in [-0.2, -0.15) is 5.10 Å². The average molecular weight is 424 g/mol. The molecule has 8 nitrogen and oxygen atoms in total. The highest BCUT2D eigenvalue weighted by atomic mass is 32.2. The van der Waals surface area contributed by atoms with Gasteiger partial charge in [-0.05, 0) is 30.7 Å². The van der Waals surface area contributed by atoms with E-state index < -0.39 is 15.7 Å². The van der Waals surface area contributed by atoms with Crippen molar-refractivity contribution in [3.63, 3.8) is 0 Å². The van der Waals surface area contributed by atoms with Gasteiger partial charge in [0.2, 0.25) is 0 Å². The third-order valence-corrected chi connectivity index (χ3v) is 5.55. The first kappa shape index (κ1) is 19.8. The van der Waals surface area contributed by atoms with Gasteiger partial charge in [-0.3, -0.25) is 4.79 Å². The molecular formula is C21H20N4O4S. The summed E-state index contributed by atoms with van der Waals surface area (Å²) in [6, 6.07) is 14.2. The molecule has 0 aliphatic rings. The quantitative estimate of drug-likeness (QED) is 0.510. The topological polar surface area (TPSA) is 107 Å². The smallest absolute Gasteiger partial charge is 0.287 e. The third-order valence-electron chi connectivity index (χ3n) is 4.74. The van der Waals surface area contributed by atoms with Crippen LogP contribution in [0.5, 0.6) is 0 Å². The number of aromatic nitrogens is 3. The molecule has 1 amide bonds. The second-order valence-corrected chi connectivity index (χ2v) is 9.24. The van der Waals surface area contributed by atoms with Crippen molar-refractivity contribution in [2.45, 2.75) is 18.7 Å². The summed E-state index contributed by atoms with van der Waals surface area (Å²) in [4.78, 5) is 16.9. The fourth-order valence-electron chi connectivity index (χ4n) is 3.29. The van der Waals surface area contributed by atoms with Gasteiger partial charge in [0.15, 0.2) is 15.6 Å². The van der Waals surface area contributed by atoms with Gasteiger partial charge in [-0.1, -0.05) is 30.3 Å². The molecule has 0 bridgehead atoms. The Kier molecular flexibility index (Phi) is 5.13. The van der Waals surface area contributed by atoms with Crippen molar-refractivity contribution < 1.29 is 17.6 Å².